The molecule has 0 heterocycles. The predicted octanol–water partition coefficient (Wildman–Crippen LogP) is 1.57. The lowest BCUT2D eigenvalue weighted by atomic mass is 9.95. The smallest absolute Gasteiger partial charge is 0.303 e. The molecule has 0 bridgehead atoms. The summed E-state index contributed by atoms with van der Waals surface area (Å²) in [6, 6.07) is 0. The second-order valence-electron chi connectivity index (χ2n) is 2.55. The quantitative estimate of drug-likeness (QED) is 0.628. The van der Waals surface area contributed by atoms with Gasteiger partial charge >= 0.3 is 5.97 Å². The fourth-order valence-electron chi connectivity index (χ4n) is 0.477. The third-order valence-corrected chi connectivity index (χ3v) is 1.47. The van der Waals surface area contributed by atoms with Gasteiger partial charge in [0.1, 0.15) is 0 Å². The maximum absolute atomic E-state index is 10.1. The molecule has 0 aliphatic carbocycles. The normalized spacial score (nSPS) is 13.8. The topological polar surface area (TPSA) is 37.3 Å². The number of hydrogen-bond acceptors (Lipinski definition) is 1. The van der Waals surface area contributed by atoms with E-state index in [4.69, 9.17) is 5.11 Å². The van der Waals surface area contributed by atoms with Gasteiger partial charge in [-0.15, -0.1) is 0 Å². The van der Waals surface area contributed by atoms with Crippen LogP contribution in [0.15, 0.2) is 0 Å². The summed E-state index contributed by atoms with van der Waals surface area (Å²) < 4.78 is 0. The van der Waals surface area contributed by atoms with Crippen molar-refractivity contribution in [2.24, 2.45) is 11.8 Å². The zero-order valence-corrected chi connectivity index (χ0v) is 5.92. The highest BCUT2D eigenvalue weighted by molar-refractivity contribution is 5.66. The van der Waals surface area contributed by atoms with E-state index in [-0.39, 0.29) is 18.3 Å². The summed E-state index contributed by atoms with van der Waals surface area (Å²) in [7, 11) is 0. The van der Waals surface area contributed by atoms with Crippen molar-refractivity contribution in [2.75, 3.05) is 0 Å². The molecule has 2 atom stereocenters. The predicted molar refractivity (Wildman–Crippen MR) is 35.9 cm³/mol. The minimum atomic E-state index is -0.738. The third-order valence-electron chi connectivity index (χ3n) is 1.47. The Labute approximate surface area is 55.9 Å². The molecule has 0 spiro atoms. The van der Waals surface area contributed by atoms with Gasteiger partial charge in [0.2, 0.25) is 0 Å². The first-order chi connectivity index (χ1) is 4.04. The average Bonchev–Trinajstić information content (AvgIpc) is 1.63. The van der Waals surface area contributed by atoms with E-state index in [1.54, 1.807) is 0 Å². The van der Waals surface area contributed by atoms with Crippen LogP contribution in [0.5, 0.6) is 0 Å². The number of carbonyl (C=O) groups is 1. The molecule has 53 valence electrons. The monoisotopic (exact) mass is 129 g/mol. The highest BCUT2D eigenvalue weighted by atomic mass is 16.4. The number of carboxylic acid groups (broad SMARTS) is 1. The molecule has 0 aliphatic rings. The van der Waals surface area contributed by atoms with Gasteiger partial charge in [0.05, 0.1) is 0 Å². The Morgan fingerprint density at radius 2 is 2.11 bits per heavy atom. The van der Waals surface area contributed by atoms with Crippen molar-refractivity contribution in [3.8, 4) is 0 Å². The van der Waals surface area contributed by atoms with Crippen molar-refractivity contribution in [1.82, 2.24) is 0 Å². The van der Waals surface area contributed by atoms with Crippen molar-refractivity contribution in [1.29, 1.82) is 0 Å². The molecular weight excluding hydrogens is 116 g/mol. The molecular formula is C7H13O2. The van der Waals surface area contributed by atoms with E-state index in [0.717, 1.165) is 0 Å². The maximum atomic E-state index is 10.1. The summed E-state index contributed by atoms with van der Waals surface area (Å²) in [6.07, 6.45) is 0.227. The van der Waals surface area contributed by atoms with Gasteiger partial charge in [0, 0.05) is 6.42 Å². The Kier molecular flexibility index (Phi) is 3.28. The molecule has 0 aromatic carbocycles. The van der Waals surface area contributed by atoms with Gasteiger partial charge in [-0.05, 0) is 11.8 Å². The Morgan fingerprint density at radius 3 is 2.22 bits per heavy atom. The number of aliphatic carboxylic acids is 1. The molecule has 0 aromatic heterocycles. The fourth-order valence-corrected chi connectivity index (χ4v) is 0.477. The molecule has 2 nitrogen and oxygen atoms in total. The largest absolute Gasteiger partial charge is 0.481 e. The summed E-state index contributed by atoms with van der Waals surface area (Å²) in [5.41, 5.74) is 0. The van der Waals surface area contributed by atoms with E-state index >= 15 is 0 Å². The van der Waals surface area contributed by atoms with E-state index in [1.165, 1.54) is 0 Å². The summed E-state index contributed by atoms with van der Waals surface area (Å²) in [6.45, 7) is 7.55. The minimum Gasteiger partial charge on any atom is -0.481 e. The van der Waals surface area contributed by atoms with Crippen LogP contribution in [0.2, 0.25) is 0 Å². The Hall–Kier alpha value is -0.530. The minimum absolute atomic E-state index is 0.183. The summed E-state index contributed by atoms with van der Waals surface area (Å²) in [4.78, 5) is 10.1. The van der Waals surface area contributed by atoms with Crippen LogP contribution in [0.1, 0.15) is 20.3 Å². The molecule has 0 saturated heterocycles. The molecule has 0 amide bonds. The second-order valence-corrected chi connectivity index (χ2v) is 2.55. The van der Waals surface area contributed by atoms with Crippen molar-refractivity contribution in [3.63, 3.8) is 0 Å². The van der Waals surface area contributed by atoms with E-state index in [2.05, 4.69) is 6.92 Å². The Morgan fingerprint density at radius 1 is 1.67 bits per heavy atom. The molecule has 2 heteroatoms. The van der Waals surface area contributed by atoms with Gasteiger partial charge in [-0.1, -0.05) is 20.8 Å². The summed E-state index contributed by atoms with van der Waals surface area (Å²) >= 11 is 0. The number of carboxylic acids is 1. The van der Waals surface area contributed by atoms with Gasteiger partial charge in [0.25, 0.3) is 0 Å². The Bertz CT molecular complexity index is 97.1. The molecule has 0 rings (SSSR count). The zero-order valence-electron chi connectivity index (χ0n) is 5.92. The molecule has 0 aliphatic heterocycles. The molecule has 1 N–H and O–H groups in total. The second kappa shape index (κ2) is 3.49. The SMILES string of the molecule is [CH2]C(C)C(C)CC(=O)O. The highest BCUT2D eigenvalue weighted by Gasteiger charge is 2.10. The van der Waals surface area contributed by atoms with E-state index < -0.39 is 5.97 Å². The van der Waals surface area contributed by atoms with Crippen LogP contribution in [0.3, 0.4) is 0 Å². The van der Waals surface area contributed by atoms with Crippen molar-refractivity contribution >= 4 is 5.97 Å². The standard InChI is InChI=1S/C7H13O2/c1-5(2)6(3)4-7(8)9/h5-6H,1,4H2,2-3H3,(H,8,9). The zero-order chi connectivity index (χ0) is 7.44. The van der Waals surface area contributed by atoms with Crippen LogP contribution in [-0.4, -0.2) is 11.1 Å². The lowest BCUT2D eigenvalue weighted by molar-refractivity contribution is -0.138. The molecule has 0 fully saturated rings. The average molecular weight is 129 g/mol. The lowest BCUT2D eigenvalue weighted by Crippen LogP contribution is -2.09. The van der Waals surface area contributed by atoms with Crippen LogP contribution in [0.4, 0.5) is 0 Å². The van der Waals surface area contributed by atoms with E-state index in [1.807, 2.05) is 13.8 Å². The Balaban J connectivity index is 3.50. The summed E-state index contributed by atoms with van der Waals surface area (Å²) in [5, 5.41) is 8.30. The van der Waals surface area contributed by atoms with Crippen molar-refractivity contribution in [3.05, 3.63) is 6.92 Å². The molecule has 9 heavy (non-hydrogen) atoms. The van der Waals surface area contributed by atoms with Crippen LogP contribution in [0.25, 0.3) is 0 Å². The van der Waals surface area contributed by atoms with Crippen molar-refractivity contribution < 1.29 is 9.90 Å². The summed E-state index contributed by atoms with van der Waals surface area (Å²) in [5.74, 6) is -0.332. The number of rotatable bonds is 3. The van der Waals surface area contributed by atoms with Crippen molar-refractivity contribution in [2.45, 2.75) is 20.3 Å². The van der Waals surface area contributed by atoms with Gasteiger partial charge < -0.3 is 5.11 Å². The fraction of sp³-hybridized carbons (Fsp3) is 0.714. The first kappa shape index (κ1) is 8.47. The molecule has 0 aromatic rings. The van der Waals surface area contributed by atoms with Crippen LogP contribution >= 0.6 is 0 Å². The maximum Gasteiger partial charge on any atom is 0.303 e. The third kappa shape index (κ3) is 4.01. The molecule has 0 saturated carbocycles. The molecule has 1 radical (unpaired) electrons. The first-order valence-corrected chi connectivity index (χ1v) is 3.09. The number of hydrogen-bond donors (Lipinski definition) is 1. The van der Waals surface area contributed by atoms with Crippen LogP contribution < -0.4 is 0 Å². The van der Waals surface area contributed by atoms with Gasteiger partial charge in [-0.2, -0.15) is 0 Å². The van der Waals surface area contributed by atoms with Gasteiger partial charge in [0.15, 0.2) is 0 Å². The molecule has 2 unspecified atom stereocenters. The van der Waals surface area contributed by atoms with Gasteiger partial charge in [-0.25, -0.2) is 0 Å². The van der Waals surface area contributed by atoms with E-state index in [9.17, 15) is 4.79 Å². The lowest BCUT2D eigenvalue weighted by Gasteiger charge is -2.10. The van der Waals surface area contributed by atoms with E-state index in [0.29, 0.717) is 0 Å². The van der Waals surface area contributed by atoms with Crippen LogP contribution in [0, 0.1) is 18.8 Å². The highest BCUT2D eigenvalue weighted by Crippen LogP contribution is 2.12. The first-order valence-electron chi connectivity index (χ1n) is 3.09. The van der Waals surface area contributed by atoms with Gasteiger partial charge in [-0.3, -0.25) is 4.79 Å². The van der Waals surface area contributed by atoms with Crippen LogP contribution in [-0.2, 0) is 4.79 Å².